The van der Waals surface area contributed by atoms with E-state index in [-0.39, 0.29) is 5.69 Å². The van der Waals surface area contributed by atoms with Gasteiger partial charge in [-0.25, -0.2) is 9.48 Å². The van der Waals surface area contributed by atoms with Crippen LogP contribution in [0.15, 0.2) is 24.3 Å². The highest BCUT2D eigenvalue weighted by Gasteiger charge is 2.31. The zero-order valence-electron chi connectivity index (χ0n) is 13.1. The molecule has 2 aromatic rings. The molecule has 23 heavy (non-hydrogen) atoms. The van der Waals surface area contributed by atoms with E-state index in [9.17, 15) is 14.7 Å². The Hall–Kier alpha value is -2.74. The molecule has 2 rings (SSSR count). The Morgan fingerprint density at radius 2 is 2.04 bits per heavy atom. The van der Waals surface area contributed by atoms with Crippen molar-refractivity contribution in [1.82, 2.24) is 20.3 Å². The number of carbonyl (C=O) groups excluding carboxylic acids is 1. The van der Waals surface area contributed by atoms with Gasteiger partial charge in [-0.1, -0.05) is 17.3 Å². The molecule has 0 radical (unpaired) electrons. The SMILES string of the molecule is Cc1cccc(-n2nnc(C(=O)NCC(C)(O)C(=O)O)c2C)c1. The van der Waals surface area contributed by atoms with Crippen molar-refractivity contribution in [3.05, 3.63) is 41.2 Å². The summed E-state index contributed by atoms with van der Waals surface area (Å²) >= 11 is 0. The first-order valence-corrected chi connectivity index (χ1v) is 6.95. The Kier molecular flexibility index (Phi) is 4.46. The molecule has 1 aromatic carbocycles. The quantitative estimate of drug-likeness (QED) is 0.737. The number of amides is 1. The van der Waals surface area contributed by atoms with E-state index in [2.05, 4.69) is 15.6 Å². The second-order valence-electron chi connectivity index (χ2n) is 5.54. The number of hydrogen-bond donors (Lipinski definition) is 3. The summed E-state index contributed by atoms with van der Waals surface area (Å²) in [6, 6.07) is 7.55. The molecule has 0 bridgehead atoms. The van der Waals surface area contributed by atoms with E-state index in [0.717, 1.165) is 18.2 Å². The number of rotatable bonds is 5. The van der Waals surface area contributed by atoms with E-state index in [1.54, 1.807) is 6.92 Å². The number of benzene rings is 1. The van der Waals surface area contributed by atoms with Gasteiger partial charge in [-0.15, -0.1) is 5.10 Å². The van der Waals surface area contributed by atoms with Gasteiger partial charge < -0.3 is 15.5 Å². The van der Waals surface area contributed by atoms with Crippen molar-refractivity contribution >= 4 is 11.9 Å². The van der Waals surface area contributed by atoms with Gasteiger partial charge >= 0.3 is 5.97 Å². The zero-order valence-corrected chi connectivity index (χ0v) is 13.1. The third-order valence-corrected chi connectivity index (χ3v) is 3.41. The molecular weight excluding hydrogens is 300 g/mol. The standard InChI is InChI=1S/C15H18N4O4/c1-9-5-4-6-11(7-9)19-10(2)12(17-18-19)13(20)16-8-15(3,23)14(21)22/h4-7,23H,8H2,1-3H3,(H,16,20)(H,21,22). The fourth-order valence-electron chi connectivity index (χ4n) is 1.96. The zero-order chi connectivity index (χ0) is 17.2. The van der Waals surface area contributed by atoms with Gasteiger partial charge in [0, 0.05) is 0 Å². The van der Waals surface area contributed by atoms with Gasteiger partial charge in [0.2, 0.25) is 0 Å². The molecule has 8 heteroatoms. The first kappa shape index (κ1) is 16.6. The number of nitrogens with one attached hydrogen (secondary N) is 1. The van der Waals surface area contributed by atoms with E-state index in [1.165, 1.54) is 4.68 Å². The van der Waals surface area contributed by atoms with Gasteiger partial charge in [-0.2, -0.15) is 0 Å². The largest absolute Gasteiger partial charge is 0.479 e. The molecule has 1 atom stereocenters. The third kappa shape index (κ3) is 3.54. The maximum atomic E-state index is 12.1. The van der Waals surface area contributed by atoms with E-state index in [1.807, 2.05) is 31.2 Å². The van der Waals surface area contributed by atoms with Crippen molar-refractivity contribution in [1.29, 1.82) is 0 Å². The van der Waals surface area contributed by atoms with Gasteiger partial charge in [0.15, 0.2) is 11.3 Å². The smallest absolute Gasteiger partial charge is 0.337 e. The minimum absolute atomic E-state index is 0.0766. The Balaban J connectivity index is 2.19. The molecule has 0 aliphatic rings. The van der Waals surface area contributed by atoms with Crippen LogP contribution < -0.4 is 5.32 Å². The van der Waals surface area contributed by atoms with Crippen LogP contribution in [0.5, 0.6) is 0 Å². The lowest BCUT2D eigenvalue weighted by Gasteiger charge is -2.17. The molecule has 0 saturated carbocycles. The van der Waals surface area contributed by atoms with Crippen LogP contribution in [0.4, 0.5) is 0 Å². The Bertz CT molecular complexity index is 752. The summed E-state index contributed by atoms with van der Waals surface area (Å²) < 4.78 is 1.53. The fraction of sp³-hybridized carbons (Fsp3) is 0.333. The Morgan fingerprint density at radius 1 is 1.35 bits per heavy atom. The highest BCUT2D eigenvalue weighted by molar-refractivity contribution is 5.93. The average Bonchev–Trinajstić information content (AvgIpc) is 2.86. The van der Waals surface area contributed by atoms with Crippen molar-refractivity contribution in [3.63, 3.8) is 0 Å². The highest BCUT2D eigenvalue weighted by Crippen LogP contribution is 2.13. The molecule has 0 spiro atoms. The van der Waals surface area contributed by atoms with Crippen LogP contribution in [0, 0.1) is 13.8 Å². The predicted molar refractivity (Wildman–Crippen MR) is 81.4 cm³/mol. The van der Waals surface area contributed by atoms with E-state index in [4.69, 9.17) is 5.11 Å². The van der Waals surface area contributed by atoms with Crippen LogP contribution in [0.1, 0.15) is 28.7 Å². The third-order valence-electron chi connectivity index (χ3n) is 3.41. The molecule has 0 aliphatic heterocycles. The number of hydrogen-bond acceptors (Lipinski definition) is 5. The summed E-state index contributed by atoms with van der Waals surface area (Å²) in [5.74, 6) is -2.01. The van der Waals surface area contributed by atoms with E-state index < -0.39 is 24.0 Å². The Morgan fingerprint density at radius 3 is 2.65 bits per heavy atom. The van der Waals surface area contributed by atoms with Gasteiger partial charge in [0.05, 0.1) is 17.9 Å². The first-order valence-electron chi connectivity index (χ1n) is 6.95. The predicted octanol–water partition coefficient (Wildman–Crippen LogP) is 0.450. The molecule has 1 unspecified atom stereocenters. The number of nitrogens with zero attached hydrogens (tertiary/aromatic N) is 3. The molecule has 3 N–H and O–H groups in total. The van der Waals surface area contributed by atoms with E-state index in [0.29, 0.717) is 5.69 Å². The van der Waals surface area contributed by atoms with Crippen molar-refractivity contribution in [3.8, 4) is 5.69 Å². The van der Waals surface area contributed by atoms with Crippen molar-refractivity contribution in [2.45, 2.75) is 26.4 Å². The molecule has 0 saturated heterocycles. The Labute approximate surface area is 132 Å². The molecule has 1 amide bonds. The number of aliphatic carboxylic acids is 1. The highest BCUT2D eigenvalue weighted by atomic mass is 16.4. The lowest BCUT2D eigenvalue weighted by molar-refractivity contribution is -0.155. The van der Waals surface area contributed by atoms with Gasteiger partial charge in [-0.05, 0) is 38.5 Å². The van der Waals surface area contributed by atoms with Crippen LogP contribution in [-0.2, 0) is 4.79 Å². The number of carbonyl (C=O) groups is 2. The molecular formula is C15H18N4O4. The normalized spacial score (nSPS) is 13.4. The summed E-state index contributed by atoms with van der Waals surface area (Å²) in [6.45, 7) is 4.30. The van der Waals surface area contributed by atoms with Crippen LogP contribution in [-0.4, -0.2) is 49.2 Å². The second kappa shape index (κ2) is 6.17. The molecule has 0 aliphatic carbocycles. The lowest BCUT2D eigenvalue weighted by Crippen LogP contribution is -2.46. The minimum Gasteiger partial charge on any atom is -0.479 e. The molecule has 122 valence electrons. The maximum Gasteiger partial charge on any atom is 0.337 e. The fourth-order valence-corrected chi connectivity index (χ4v) is 1.96. The first-order chi connectivity index (χ1) is 10.7. The van der Waals surface area contributed by atoms with Gasteiger partial charge in [-0.3, -0.25) is 4.79 Å². The topological polar surface area (TPSA) is 117 Å². The van der Waals surface area contributed by atoms with Crippen molar-refractivity contribution in [2.75, 3.05) is 6.54 Å². The molecule has 1 heterocycles. The number of aliphatic hydroxyl groups is 1. The average molecular weight is 318 g/mol. The second-order valence-corrected chi connectivity index (χ2v) is 5.54. The monoisotopic (exact) mass is 318 g/mol. The number of carboxylic acid groups (broad SMARTS) is 1. The summed E-state index contributed by atoms with van der Waals surface area (Å²) in [5.41, 5.74) is 0.360. The maximum absolute atomic E-state index is 12.1. The summed E-state index contributed by atoms with van der Waals surface area (Å²) in [4.78, 5) is 22.9. The number of carboxylic acids is 1. The van der Waals surface area contributed by atoms with Gasteiger partial charge in [0.25, 0.3) is 5.91 Å². The molecule has 8 nitrogen and oxygen atoms in total. The van der Waals surface area contributed by atoms with Crippen LogP contribution in [0.25, 0.3) is 5.69 Å². The van der Waals surface area contributed by atoms with Gasteiger partial charge in [0.1, 0.15) is 0 Å². The molecule has 0 fully saturated rings. The summed E-state index contributed by atoms with van der Waals surface area (Å²) in [6.07, 6.45) is 0. The minimum atomic E-state index is -2.05. The van der Waals surface area contributed by atoms with Crippen LogP contribution in [0.2, 0.25) is 0 Å². The molecule has 1 aromatic heterocycles. The van der Waals surface area contributed by atoms with Crippen molar-refractivity contribution in [2.24, 2.45) is 0 Å². The lowest BCUT2D eigenvalue weighted by atomic mass is 10.1. The number of aryl methyl sites for hydroxylation is 1. The van der Waals surface area contributed by atoms with Crippen LogP contribution in [0.3, 0.4) is 0 Å². The summed E-state index contributed by atoms with van der Waals surface area (Å²) in [7, 11) is 0. The van der Waals surface area contributed by atoms with Crippen molar-refractivity contribution < 1.29 is 19.8 Å². The van der Waals surface area contributed by atoms with Crippen LogP contribution >= 0.6 is 0 Å². The number of aromatic nitrogens is 3. The summed E-state index contributed by atoms with van der Waals surface area (Å²) in [5, 5.41) is 28.6. The van der Waals surface area contributed by atoms with E-state index >= 15 is 0 Å².